The van der Waals surface area contributed by atoms with Gasteiger partial charge >= 0.3 is 6.18 Å². The number of rotatable bonds is 12. The van der Waals surface area contributed by atoms with E-state index in [4.69, 9.17) is 9.47 Å². The van der Waals surface area contributed by atoms with Gasteiger partial charge < -0.3 is 20.1 Å². The molecule has 0 fully saturated rings. The summed E-state index contributed by atoms with van der Waals surface area (Å²) in [6.45, 7) is 2.45. The van der Waals surface area contributed by atoms with Crippen molar-refractivity contribution in [1.29, 1.82) is 0 Å². The molecular weight excluding hydrogens is 563 g/mol. The number of halogens is 3. The summed E-state index contributed by atoms with van der Waals surface area (Å²) in [5, 5.41) is 5.55. The summed E-state index contributed by atoms with van der Waals surface area (Å²) in [6.07, 6.45) is -3.00. The summed E-state index contributed by atoms with van der Waals surface area (Å²) in [5.41, 5.74) is 1.11. The second-order valence-corrected chi connectivity index (χ2v) is 11.2. The van der Waals surface area contributed by atoms with Gasteiger partial charge in [0.15, 0.2) is 0 Å². The lowest BCUT2D eigenvalue weighted by Gasteiger charge is -2.21. The zero-order valence-corrected chi connectivity index (χ0v) is 24.1. The van der Waals surface area contributed by atoms with E-state index in [9.17, 15) is 26.4 Å². The maximum Gasteiger partial charge on any atom is 0.419 e. The average molecular weight is 596 g/mol. The Morgan fingerprint density at radius 3 is 2.46 bits per heavy atom. The van der Waals surface area contributed by atoms with Gasteiger partial charge in [0.2, 0.25) is 16.0 Å². The monoisotopic (exact) mass is 595 g/mol. The molecule has 0 unspecified atom stereocenters. The van der Waals surface area contributed by atoms with Gasteiger partial charge in [0.1, 0.15) is 5.75 Å². The van der Waals surface area contributed by atoms with Crippen LogP contribution in [0, 0.1) is 6.92 Å². The van der Waals surface area contributed by atoms with Crippen molar-refractivity contribution in [3.63, 3.8) is 0 Å². The Morgan fingerprint density at radius 1 is 1.10 bits per heavy atom. The number of hydrogen-bond donors (Lipinski definition) is 2. The van der Waals surface area contributed by atoms with Gasteiger partial charge in [-0.25, -0.2) is 18.4 Å². The first-order valence-electron chi connectivity index (χ1n) is 12.4. The Bertz CT molecular complexity index is 1500. The van der Waals surface area contributed by atoms with Crippen LogP contribution in [0.2, 0.25) is 0 Å². The van der Waals surface area contributed by atoms with Crippen LogP contribution in [0.4, 0.5) is 30.5 Å². The summed E-state index contributed by atoms with van der Waals surface area (Å²) in [5.74, 6) is -0.208. The van der Waals surface area contributed by atoms with Crippen molar-refractivity contribution in [1.82, 2.24) is 15.3 Å². The molecule has 1 aromatic heterocycles. The van der Waals surface area contributed by atoms with Crippen LogP contribution in [0.25, 0.3) is 0 Å². The molecule has 10 nitrogen and oxygen atoms in total. The lowest BCUT2D eigenvalue weighted by molar-refractivity contribution is -0.138. The van der Waals surface area contributed by atoms with E-state index in [1.165, 1.54) is 39.5 Å². The molecular formula is C27H32F3N5O5S. The highest BCUT2D eigenvalue weighted by molar-refractivity contribution is 7.92. The van der Waals surface area contributed by atoms with Crippen LogP contribution in [0.1, 0.15) is 32.7 Å². The summed E-state index contributed by atoms with van der Waals surface area (Å²) >= 11 is 0. The zero-order valence-electron chi connectivity index (χ0n) is 23.3. The first kappa shape index (κ1) is 31.6. The normalized spacial score (nSPS) is 11.7. The third kappa shape index (κ3) is 8.30. The Hall–Kier alpha value is -3.91. The molecule has 0 aliphatic carbocycles. The number of sulfonamides is 1. The molecule has 0 saturated heterocycles. The van der Waals surface area contributed by atoms with E-state index < -0.39 is 21.8 Å². The molecule has 0 aliphatic rings. The number of alkyl halides is 3. The van der Waals surface area contributed by atoms with E-state index in [-0.39, 0.29) is 36.1 Å². The van der Waals surface area contributed by atoms with E-state index in [0.717, 1.165) is 16.1 Å². The molecule has 41 heavy (non-hydrogen) atoms. The Kier molecular flexibility index (Phi) is 10.2. The molecule has 14 heteroatoms. The number of anilines is 3. The van der Waals surface area contributed by atoms with Crippen LogP contribution in [0.5, 0.6) is 5.75 Å². The predicted octanol–water partition coefficient (Wildman–Crippen LogP) is 4.11. The van der Waals surface area contributed by atoms with Crippen LogP contribution in [0.15, 0.2) is 42.6 Å². The van der Waals surface area contributed by atoms with Gasteiger partial charge in [0.25, 0.3) is 5.91 Å². The van der Waals surface area contributed by atoms with E-state index in [2.05, 4.69) is 20.6 Å². The van der Waals surface area contributed by atoms with Crippen LogP contribution < -0.4 is 19.7 Å². The minimum Gasteiger partial charge on any atom is -0.495 e. The lowest BCUT2D eigenvalue weighted by Crippen LogP contribution is -2.26. The molecule has 3 rings (SSSR count). The molecule has 0 aliphatic heterocycles. The molecule has 0 radical (unpaired) electrons. The highest BCUT2D eigenvalue weighted by Gasteiger charge is 2.35. The number of nitrogens with one attached hydrogen (secondary N) is 2. The van der Waals surface area contributed by atoms with Crippen LogP contribution >= 0.6 is 0 Å². The Balaban J connectivity index is 1.90. The molecule has 0 atom stereocenters. The van der Waals surface area contributed by atoms with E-state index in [0.29, 0.717) is 41.9 Å². The van der Waals surface area contributed by atoms with Crippen molar-refractivity contribution in [2.75, 3.05) is 50.3 Å². The maximum atomic E-state index is 13.8. The second-order valence-electron chi connectivity index (χ2n) is 9.20. The number of aromatic nitrogens is 2. The largest absolute Gasteiger partial charge is 0.495 e. The van der Waals surface area contributed by atoms with Crippen molar-refractivity contribution in [3.8, 4) is 5.75 Å². The van der Waals surface area contributed by atoms with Gasteiger partial charge in [-0.2, -0.15) is 13.2 Å². The highest BCUT2D eigenvalue weighted by atomic mass is 32.2. The molecule has 0 bridgehead atoms. The van der Waals surface area contributed by atoms with E-state index in [1.807, 2.05) is 0 Å². The fourth-order valence-corrected chi connectivity index (χ4v) is 4.47. The molecule has 2 aromatic carbocycles. The minimum absolute atomic E-state index is 0.0885. The number of hydrogen-bond acceptors (Lipinski definition) is 8. The second kappa shape index (κ2) is 13.2. The summed E-state index contributed by atoms with van der Waals surface area (Å²) in [7, 11) is 0.699. The van der Waals surface area contributed by atoms with E-state index in [1.54, 1.807) is 25.1 Å². The minimum atomic E-state index is -4.71. The zero-order chi connectivity index (χ0) is 30.4. The standard InChI is InChI=1S/C27H32F3N5O5S/c1-17-6-7-18(23(14-17)35(2)41(5,37)38)8-10-21-20(27(28,29)30)16-32-26(33-21)34-22-11-9-19(15-24(22)40-4)25(36)31-12-13-39-3/h6-7,9,11,14-16H,8,10,12-13H2,1-5H3,(H,31,36)(H,32,33,34). The number of ether oxygens (including phenoxy) is 2. The first-order chi connectivity index (χ1) is 19.2. The molecule has 1 heterocycles. The third-order valence-electron chi connectivity index (χ3n) is 6.18. The number of amides is 1. The number of methoxy groups -OCH3 is 2. The van der Waals surface area contributed by atoms with Gasteiger partial charge in [0, 0.05) is 32.5 Å². The van der Waals surface area contributed by atoms with Gasteiger partial charge in [-0.1, -0.05) is 12.1 Å². The number of nitrogens with zero attached hydrogens (tertiary/aromatic N) is 3. The molecule has 0 saturated carbocycles. The summed E-state index contributed by atoms with van der Waals surface area (Å²) in [4.78, 5) is 20.4. The smallest absolute Gasteiger partial charge is 0.419 e. The topological polar surface area (TPSA) is 123 Å². The van der Waals surface area contributed by atoms with Crippen molar-refractivity contribution in [2.24, 2.45) is 0 Å². The van der Waals surface area contributed by atoms with Crippen molar-refractivity contribution < 1.29 is 35.9 Å². The van der Waals surface area contributed by atoms with Gasteiger partial charge in [-0.3, -0.25) is 9.10 Å². The summed E-state index contributed by atoms with van der Waals surface area (Å²) in [6, 6.07) is 9.66. The Labute approximate surface area is 237 Å². The quantitative estimate of drug-likeness (QED) is 0.300. The van der Waals surface area contributed by atoms with Crippen LogP contribution in [-0.2, 0) is 33.8 Å². The lowest BCUT2D eigenvalue weighted by atomic mass is 10.0. The van der Waals surface area contributed by atoms with Gasteiger partial charge in [-0.05, 0) is 55.2 Å². The third-order valence-corrected chi connectivity index (χ3v) is 7.38. The number of aryl methyl sites for hydroxylation is 3. The van der Waals surface area contributed by atoms with Crippen LogP contribution in [0.3, 0.4) is 0 Å². The highest BCUT2D eigenvalue weighted by Crippen LogP contribution is 2.34. The molecule has 1 amide bonds. The molecule has 222 valence electrons. The van der Waals surface area contributed by atoms with Crippen LogP contribution in [-0.4, -0.2) is 65.0 Å². The fourth-order valence-electron chi connectivity index (χ4n) is 3.94. The molecule has 0 spiro atoms. The average Bonchev–Trinajstić information content (AvgIpc) is 2.91. The number of carbonyl (C=O) groups excluding carboxylic acids is 1. The fraction of sp³-hybridized carbons (Fsp3) is 0.370. The SMILES string of the molecule is COCCNC(=O)c1ccc(Nc2ncc(C(F)(F)F)c(CCc3ccc(C)cc3N(C)S(C)(=O)=O)n2)c(OC)c1. The molecule has 3 aromatic rings. The van der Waals surface area contributed by atoms with E-state index >= 15 is 0 Å². The van der Waals surface area contributed by atoms with Crippen molar-refractivity contribution in [3.05, 3.63) is 70.5 Å². The molecule has 2 N–H and O–H groups in total. The van der Waals surface area contributed by atoms with Crippen molar-refractivity contribution in [2.45, 2.75) is 25.9 Å². The number of carbonyl (C=O) groups is 1. The number of benzene rings is 2. The van der Waals surface area contributed by atoms with Crippen molar-refractivity contribution >= 4 is 33.3 Å². The summed E-state index contributed by atoms with van der Waals surface area (Å²) < 4.78 is 77.2. The predicted molar refractivity (Wildman–Crippen MR) is 149 cm³/mol. The Morgan fingerprint density at radius 2 is 1.83 bits per heavy atom. The maximum absolute atomic E-state index is 13.8. The first-order valence-corrected chi connectivity index (χ1v) is 14.3. The van der Waals surface area contributed by atoms with Gasteiger partial charge in [0.05, 0.1) is 42.6 Å². The van der Waals surface area contributed by atoms with Gasteiger partial charge in [-0.15, -0.1) is 0 Å².